The Hall–Kier alpha value is -3.32. The van der Waals surface area contributed by atoms with Crippen molar-refractivity contribution in [3.05, 3.63) is 23.8 Å². The first-order chi connectivity index (χ1) is 18.6. The van der Waals surface area contributed by atoms with Crippen molar-refractivity contribution in [2.45, 2.75) is 46.0 Å². The molecular weight excluding hydrogens is 520 g/mol. The molecule has 0 aliphatic rings. The molecular formula is C25H40N2O12. The van der Waals surface area contributed by atoms with E-state index in [2.05, 4.69) is 14.7 Å². The van der Waals surface area contributed by atoms with Gasteiger partial charge in [0.05, 0.1) is 57.6 Å². The van der Waals surface area contributed by atoms with Crippen molar-refractivity contribution >= 4 is 35.5 Å². The second-order valence-corrected chi connectivity index (χ2v) is 7.71. The zero-order valence-corrected chi connectivity index (χ0v) is 22.3. The Balaban J connectivity index is -0.000000455. The van der Waals surface area contributed by atoms with Crippen LogP contribution in [0.25, 0.3) is 0 Å². The van der Waals surface area contributed by atoms with E-state index in [1.165, 1.54) is 12.2 Å². The molecule has 222 valence electrons. The van der Waals surface area contributed by atoms with Gasteiger partial charge in [-0.25, -0.2) is 9.59 Å². The number of benzene rings is 1. The van der Waals surface area contributed by atoms with Crippen molar-refractivity contribution in [3.8, 4) is 0 Å². The molecule has 1 aromatic carbocycles. The lowest BCUT2D eigenvalue weighted by Crippen LogP contribution is -2.32. The van der Waals surface area contributed by atoms with E-state index in [-0.39, 0.29) is 45.9 Å². The summed E-state index contributed by atoms with van der Waals surface area (Å²) in [6.07, 6.45) is 4.47. The van der Waals surface area contributed by atoms with Crippen molar-refractivity contribution in [1.82, 2.24) is 0 Å². The predicted molar refractivity (Wildman–Crippen MR) is 139 cm³/mol. The molecule has 0 saturated heterocycles. The van der Waals surface area contributed by atoms with Crippen LogP contribution in [0.15, 0.2) is 28.2 Å². The van der Waals surface area contributed by atoms with E-state index in [0.29, 0.717) is 49.4 Å². The molecule has 14 nitrogen and oxygen atoms in total. The average Bonchev–Trinajstić information content (AvgIpc) is 2.92. The van der Waals surface area contributed by atoms with Gasteiger partial charge in [0.2, 0.25) is 12.2 Å². The minimum absolute atomic E-state index is 0.0278. The van der Waals surface area contributed by atoms with E-state index in [9.17, 15) is 19.2 Å². The van der Waals surface area contributed by atoms with E-state index in [0.717, 1.165) is 0 Å². The first kappa shape index (κ1) is 40.2. The number of carbonyl (C=O) groups is 2. The second kappa shape index (κ2) is 27.7. The average molecular weight is 561 g/mol. The fourth-order valence-electron chi connectivity index (χ4n) is 2.22. The summed E-state index contributed by atoms with van der Waals surface area (Å²) >= 11 is 0. The number of carboxylic acid groups (broad SMARTS) is 2. The summed E-state index contributed by atoms with van der Waals surface area (Å²) in [5, 5.41) is 58.4. The molecule has 0 saturated carbocycles. The molecule has 0 atom stereocenters. The Morgan fingerprint density at radius 3 is 1.44 bits per heavy atom. The fourth-order valence-corrected chi connectivity index (χ4v) is 2.22. The Kier molecular flexibility index (Phi) is 28.5. The summed E-state index contributed by atoms with van der Waals surface area (Å²) in [5.41, 5.74) is 0.923. The van der Waals surface area contributed by atoms with E-state index in [1.54, 1.807) is 25.1 Å². The third-order valence-electron chi connectivity index (χ3n) is 4.87. The van der Waals surface area contributed by atoms with Crippen molar-refractivity contribution < 1.29 is 59.7 Å². The lowest BCUT2D eigenvalue weighted by Gasteiger charge is -2.24. The smallest absolute Gasteiger partial charge is 0.303 e. The molecule has 1 aromatic rings. The van der Waals surface area contributed by atoms with E-state index in [4.69, 9.17) is 35.7 Å². The number of rotatable bonds is 15. The molecule has 7 N–H and O–H groups in total. The lowest BCUT2D eigenvalue weighted by atomic mass is 9.88. The van der Waals surface area contributed by atoms with Crippen LogP contribution in [0.2, 0.25) is 0 Å². The number of nitrogens with zero attached hydrogens (tertiary/aromatic N) is 2. The van der Waals surface area contributed by atoms with Crippen molar-refractivity contribution in [2.75, 3.05) is 46.2 Å². The van der Waals surface area contributed by atoms with Gasteiger partial charge < -0.3 is 40.5 Å². The van der Waals surface area contributed by atoms with Crippen LogP contribution in [-0.4, -0.2) is 106 Å². The van der Waals surface area contributed by atoms with Crippen molar-refractivity contribution in [1.29, 1.82) is 0 Å². The molecule has 39 heavy (non-hydrogen) atoms. The van der Waals surface area contributed by atoms with Gasteiger partial charge in [-0.3, -0.25) is 9.59 Å². The van der Waals surface area contributed by atoms with Crippen LogP contribution < -0.4 is 0 Å². The summed E-state index contributed by atoms with van der Waals surface area (Å²) in [7, 11) is 0. The van der Waals surface area contributed by atoms with Gasteiger partial charge in [0.1, 0.15) is 0 Å². The molecule has 0 aromatic heterocycles. The molecule has 0 radical (unpaired) electrons. The van der Waals surface area contributed by atoms with Gasteiger partial charge >= 0.3 is 11.9 Å². The van der Waals surface area contributed by atoms with Crippen LogP contribution in [0, 0.1) is 12.3 Å². The Morgan fingerprint density at radius 2 is 1.21 bits per heavy atom. The normalized spacial score (nSPS) is 9.62. The third kappa shape index (κ3) is 23.5. The van der Waals surface area contributed by atoms with E-state index >= 15 is 0 Å². The number of aliphatic carboxylic acids is 2. The molecule has 0 spiro atoms. The van der Waals surface area contributed by atoms with Crippen molar-refractivity contribution in [2.24, 2.45) is 15.4 Å². The fraction of sp³-hybridized carbons (Fsp3) is 0.600. The Bertz CT molecular complexity index is 804. The summed E-state index contributed by atoms with van der Waals surface area (Å²) in [6.45, 7) is 3.76. The number of isocyanates is 2. The highest BCUT2D eigenvalue weighted by Gasteiger charge is 2.24. The lowest BCUT2D eigenvalue weighted by molar-refractivity contribution is -0.139. The third-order valence-corrected chi connectivity index (χ3v) is 4.87. The first-order valence-corrected chi connectivity index (χ1v) is 11.9. The van der Waals surface area contributed by atoms with Gasteiger partial charge in [0.25, 0.3) is 0 Å². The second-order valence-electron chi connectivity index (χ2n) is 7.71. The molecule has 0 bridgehead atoms. The molecule has 0 amide bonds. The summed E-state index contributed by atoms with van der Waals surface area (Å²) < 4.78 is 4.63. The minimum Gasteiger partial charge on any atom is -0.481 e. The number of aliphatic hydroxyl groups is 5. The monoisotopic (exact) mass is 560 g/mol. The Morgan fingerprint density at radius 1 is 0.821 bits per heavy atom. The molecule has 14 heteroatoms. The highest BCUT2D eigenvalue weighted by Crippen LogP contribution is 2.26. The maximum absolute atomic E-state index is 10.00. The largest absolute Gasteiger partial charge is 0.481 e. The number of ether oxygens (including phenoxy) is 1. The maximum atomic E-state index is 10.00. The number of unbranched alkanes of at least 4 members (excludes halogenated alkanes) is 1. The number of aliphatic hydroxyl groups excluding tert-OH is 5. The number of aliphatic imine (C=N–C) groups is 2. The number of carboxylic acids is 2. The number of hydrogen-bond acceptors (Lipinski definition) is 12. The van der Waals surface area contributed by atoms with Crippen LogP contribution >= 0.6 is 0 Å². The van der Waals surface area contributed by atoms with E-state index < -0.39 is 17.4 Å². The van der Waals surface area contributed by atoms with Gasteiger partial charge in [-0.15, -0.1) is 0 Å². The maximum Gasteiger partial charge on any atom is 0.303 e. The summed E-state index contributed by atoms with van der Waals surface area (Å²) in [6, 6.07) is 4.94. The van der Waals surface area contributed by atoms with Gasteiger partial charge in [-0.05, 0) is 38.3 Å². The van der Waals surface area contributed by atoms with Gasteiger partial charge in [-0.1, -0.05) is 13.0 Å². The highest BCUT2D eigenvalue weighted by atomic mass is 16.5. The first-order valence-electron chi connectivity index (χ1n) is 11.9. The zero-order chi connectivity index (χ0) is 30.5. The topological polar surface area (TPSA) is 244 Å². The van der Waals surface area contributed by atoms with Gasteiger partial charge in [-0.2, -0.15) is 9.98 Å². The van der Waals surface area contributed by atoms with Crippen LogP contribution in [0.1, 0.15) is 44.6 Å². The summed E-state index contributed by atoms with van der Waals surface area (Å²) in [5.74, 6) is -1.74. The Labute approximate surface area is 226 Å². The quantitative estimate of drug-likeness (QED) is 0.0902. The van der Waals surface area contributed by atoms with Gasteiger partial charge in [0.15, 0.2) is 0 Å². The molecule has 0 aliphatic heterocycles. The molecule has 0 unspecified atom stereocenters. The standard InChI is InChI=1S/C9H6N2O2.C6H10O4.C6H14O3.C4H10O3/c1-7-8(10-5-12)3-2-4-9(7)11-6-13;7-5(8)3-1-2-4-6(9)10;1-2-6(3-7,4-8)5-9;5-1-3-7-4-2-6/h2-4H,1H3;1-4H2,(H,7,8)(H,9,10);7-9H,2-5H2,1H3;5-6H,1-4H2. The van der Waals surface area contributed by atoms with Crippen LogP contribution in [-0.2, 0) is 23.9 Å². The molecule has 0 heterocycles. The highest BCUT2D eigenvalue weighted by molar-refractivity contribution is 5.68. The van der Waals surface area contributed by atoms with Gasteiger partial charge in [0, 0.05) is 23.8 Å². The minimum atomic E-state index is -0.870. The molecule has 0 aliphatic carbocycles. The number of hydrogen-bond donors (Lipinski definition) is 7. The van der Waals surface area contributed by atoms with Crippen LogP contribution in [0.3, 0.4) is 0 Å². The van der Waals surface area contributed by atoms with E-state index in [1.807, 2.05) is 6.92 Å². The van der Waals surface area contributed by atoms with Crippen LogP contribution in [0.5, 0.6) is 0 Å². The molecule has 1 rings (SSSR count). The predicted octanol–water partition coefficient (Wildman–Crippen LogP) is 0.993. The SMILES string of the molecule is CCC(CO)(CO)CO.Cc1c(N=C=O)cccc1N=C=O.O=C(O)CCCCC(=O)O.OCCOCCO. The number of carbonyl (C=O) groups excluding carboxylic acids is 2. The summed E-state index contributed by atoms with van der Waals surface area (Å²) in [4.78, 5) is 46.7. The zero-order valence-electron chi connectivity index (χ0n) is 22.3. The molecule has 0 fully saturated rings. The van der Waals surface area contributed by atoms with Crippen molar-refractivity contribution in [3.63, 3.8) is 0 Å². The van der Waals surface area contributed by atoms with Crippen LogP contribution in [0.4, 0.5) is 11.4 Å².